The molecule has 0 saturated carbocycles. The lowest BCUT2D eigenvalue weighted by Gasteiger charge is -2.21. The number of likely N-dealkylation sites (N-methyl/N-ethyl adjacent to an activating group) is 1. The smallest absolute Gasteiger partial charge is 0.332 e. The number of hydrogen-bond acceptors (Lipinski definition) is 5. The van der Waals surface area contributed by atoms with Crippen molar-refractivity contribution in [2.45, 2.75) is 25.8 Å². The fourth-order valence-corrected chi connectivity index (χ4v) is 3.65. The molecule has 6 nitrogen and oxygen atoms in total. The first-order valence-electron chi connectivity index (χ1n) is 9.44. The summed E-state index contributed by atoms with van der Waals surface area (Å²) in [5.41, 5.74) is 3.00. The van der Waals surface area contributed by atoms with Gasteiger partial charge in [-0.15, -0.1) is 0 Å². The molecule has 1 unspecified atom stereocenters. The normalized spacial score (nSPS) is 13.3. The van der Waals surface area contributed by atoms with Crippen LogP contribution in [-0.4, -0.2) is 36.8 Å². The van der Waals surface area contributed by atoms with Crippen LogP contribution in [0.4, 0.5) is 10.1 Å². The van der Waals surface area contributed by atoms with E-state index in [-0.39, 0.29) is 11.6 Å². The molecule has 154 valence electrons. The average Bonchev–Trinajstić information content (AvgIpc) is 3.05. The number of halogens is 1. The second-order valence-corrected chi connectivity index (χ2v) is 7.23. The minimum Gasteiger partial charge on any atom is -0.494 e. The summed E-state index contributed by atoms with van der Waals surface area (Å²) < 4.78 is 19.5. The first kappa shape index (κ1) is 20.7. The maximum atomic E-state index is 14.6. The summed E-state index contributed by atoms with van der Waals surface area (Å²) in [5.74, 6) is -0.800. The first-order chi connectivity index (χ1) is 13.8. The van der Waals surface area contributed by atoms with Gasteiger partial charge in [-0.25, -0.2) is 9.18 Å². The van der Waals surface area contributed by atoms with Crippen LogP contribution in [0.2, 0.25) is 0 Å². The van der Waals surface area contributed by atoms with Gasteiger partial charge in [0.15, 0.2) is 11.9 Å². The van der Waals surface area contributed by atoms with E-state index in [0.717, 1.165) is 12.1 Å². The van der Waals surface area contributed by atoms with E-state index in [4.69, 9.17) is 4.74 Å². The largest absolute Gasteiger partial charge is 0.494 e. The molecule has 0 amide bonds. The number of anilines is 1. The summed E-state index contributed by atoms with van der Waals surface area (Å²) in [6.07, 6.45) is 1.52. The number of methoxy groups -OCH3 is 1. The molecule has 1 heterocycles. The molecule has 0 aliphatic carbocycles. The van der Waals surface area contributed by atoms with Gasteiger partial charge in [0.2, 0.25) is 0 Å². The molecule has 4 N–H and O–H groups in total. The highest BCUT2D eigenvalue weighted by Crippen LogP contribution is 2.32. The summed E-state index contributed by atoms with van der Waals surface area (Å²) in [6, 6.07) is 7.65. The molecule has 0 aliphatic heterocycles. The molecule has 2 atom stereocenters. The fourth-order valence-electron chi connectivity index (χ4n) is 3.65. The Morgan fingerprint density at radius 1 is 1.31 bits per heavy atom. The van der Waals surface area contributed by atoms with Crippen LogP contribution in [0.1, 0.15) is 35.6 Å². The van der Waals surface area contributed by atoms with Crippen LogP contribution in [0, 0.1) is 12.7 Å². The van der Waals surface area contributed by atoms with Crippen molar-refractivity contribution in [2.24, 2.45) is 0 Å². The van der Waals surface area contributed by atoms with Gasteiger partial charge < -0.3 is 25.5 Å². The Morgan fingerprint density at radius 3 is 2.72 bits per heavy atom. The molecular formula is C22H26FN3O3. The SMILES string of the molecule is CNC[C@H](C)c1ccc(C(Nc2cc3c(O)[nH]cc3cc2F)C(=O)OC)cc1C. The van der Waals surface area contributed by atoms with Gasteiger partial charge in [0.25, 0.3) is 0 Å². The number of rotatable bonds is 7. The topological polar surface area (TPSA) is 86.4 Å². The molecule has 3 rings (SSSR count). The zero-order chi connectivity index (χ0) is 21.1. The van der Waals surface area contributed by atoms with E-state index in [1.165, 1.54) is 31.0 Å². The lowest BCUT2D eigenvalue weighted by atomic mass is 9.93. The monoisotopic (exact) mass is 399 g/mol. The summed E-state index contributed by atoms with van der Waals surface area (Å²) >= 11 is 0. The van der Waals surface area contributed by atoms with E-state index in [1.807, 2.05) is 32.2 Å². The number of benzene rings is 2. The Bertz CT molecular complexity index is 1030. The maximum absolute atomic E-state index is 14.6. The predicted octanol–water partition coefficient (Wildman–Crippen LogP) is 3.97. The van der Waals surface area contributed by atoms with E-state index >= 15 is 0 Å². The van der Waals surface area contributed by atoms with Crippen molar-refractivity contribution in [2.75, 3.05) is 26.0 Å². The number of aryl methyl sites for hydroxylation is 1. The van der Waals surface area contributed by atoms with Crippen molar-refractivity contribution in [1.29, 1.82) is 0 Å². The number of fused-ring (bicyclic) bond motifs is 1. The Balaban J connectivity index is 1.97. The summed E-state index contributed by atoms with van der Waals surface area (Å²) in [7, 11) is 3.20. The van der Waals surface area contributed by atoms with Crippen LogP contribution in [0.5, 0.6) is 5.88 Å². The van der Waals surface area contributed by atoms with Gasteiger partial charge in [0.1, 0.15) is 5.82 Å². The lowest BCUT2D eigenvalue weighted by Crippen LogP contribution is -2.23. The van der Waals surface area contributed by atoms with Gasteiger partial charge in [-0.3, -0.25) is 0 Å². The summed E-state index contributed by atoms with van der Waals surface area (Å²) in [5, 5.41) is 17.0. The van der Waals surface area contributed by atoms with E-state index in [1.54, 1.807) is 0 Å². The molecule has 0 saturated heterocycles. The number of H-pyrrole nitrogens is 1. The quantitative estimate of drug-likeness (QED) is 0.452. The molecule has 3 aromatic rings. The molecule has 0 bridgehead atoms. The molecule has 0 spiro atoms. The first-order valence-corrected chi connectivity index (χ1v) is 9.44. The minimum absolute atomic E-state index is 0.0589. The highest BCUT2D eigenvalue weighted by Gasteiger charge is 2.24. The molecule has 1 aromatic heterocycles. The Morgan fingerprint density at radius 2 is 2.07 bits per heavy atom. The predicted molar refractivity (Wildman–Crippen MR) is 112 cm³/mol. The van der Waals surface area contributed by atoms with Crippen molar-refractivity contribution in [1.82, 2.24) is 10.3 Å². The van der Waals surface area contributed by atoms with Crippen LogP contribution in [-0.2, 0) is 9.53 Å². The number of carbonyl (C=O) groups excluding carboxylic acids is 1. The molecular weight excluding hydrogens is 373 g/mol. The number of hydrogen-bond donors (Lipinski definition) is 4. The van der Waals surface area contributed by atoms with E-state index in [2.05, 4.69) is 22.5 Å². The molecule has 7 heteroatoms. The maximum Gasteiger partial charge on any atom is 0.332 e. The van der Waals surface area contributed by atoms with Gasteiger partial charge in [0.05, 0.1) is 12.8 Å². The number of aromatic nitrogens is 1. The molecule has 29 heavy (non-hydrogen) atoms. The number of ether oxygens (including phenoxy) is 1. The van der Waals surface area contributed by atoms with E-state index < -0.39 is 17.8 Å². The third-order valence-electron chi connectivity index (χ3n) is 5.16. The van der Waals surface area contributed by atoms with E-state index in [0.29, 0.717) is 22.3 Å². The van der Waals surface area contributed by atoms with Crippen molar-refractivity contribution >= 4 is 22.4 Å². The number of carbonyl (C=O) groups is 1. The standard InChI is InChI=1S/C22H26FN3O3/c1-12-7-14(5-6-16(12)13(2)10-24-3)20(22(28)29-4)26-19-9-17-15(8-18(19)23)11-25-21(17)27/h5-9,11,13,20,24-27H,10H2,1-4H3/t13-,20?/m0/s1. The van der Waals surface area contributed by atoms with E-state index in [9.17, 15) is 14.3 Å². The van der Waals surface area contributed by atoms with Gasteiger partial charge in [-0.1, -0.05) is 25.1 Å². The number of aromatic amines is 1. The number of aromatic hydroxyl groups is 1. The summed E-state index contributed by atoms with van der Waals surface area (Å²) in [4.78, 5) is 15.1. The molecule has 0 fully saturated rings. The third-order valence-corrected chi connectivity index (χ3v) is 5.16. The van der Waals surface area contributed by atoms with Crippen LogP contribution in [0.15, 0.2) is 36.5 Å². The van der Waals surface area contributed by atoms with Crippen molar-refractivity contribution in [3.05, 3.63) is 59.0 Å². The lowest BCUT2D eigenvalue weighted by molar-refractivity contribution is -0.141. The molecule has 2 aromatic carbocycles. The zero-order valence-corrected chi connectivity index (χ0v) is 17.0. The second kappa shape index (κ2) is 8.53. The summed E-state index contributed by atoms with van der Waals surface area (Å²) in [6.45, 7) is 4.95. The Labute approximate surface area is 169 Å². The Hall–Kier alpha value is -3.06. The minimum atomic E-state index is -0.889. The Kier molecular flexibility index (Phi) is 6.08. The zero-order valence-electron chi connectivity index (χ0n) is 17.0. The van der Waals surface area contributed by atoms with Crippen LogP contribution in [0.25, 0.3) is 10.8 Å². The van der Waals surface area contributed by atoms with Gasteiger partial charge in [-0.05, 0) is 48.7 Å². The van der Waals surface area contributed by atoms with Crippen LogP contribution in [0.3, 0.4) is 0 Å². The van der Waals surface area contributed by atoms with Gasteiger partial charge in [-0.2, -0.15) is 0 Å². The van der Waals surface area contributed by atoms with Crippen LogP contribution < -0.4 is 10.6 Å². The highest BCUT2D eigenvalue weighted by atomic mass is 19.1. The van der Waals surface area contributed by atoms with Crippen molar-refractivity contribution in [3.63, 3.8) is 0 Å². The molecule has 0 radical (unpaired) electrons. The fraction of sp³-hybridized carbons (Fsp3) is 0.318. The average molecular weight is 399 g/mol. The highest BCUT2D eigenvalue weighted by molar-refractivity contribution is 5.91. The van der Waals surface area contributed by atoms with Crippen LogP contribution >= 0.6 is 0 Å². The molecule has 0 aliphatic rings. The van der Waals surface area contributed by atoms with Crippen molar-refractivity contribution < 1.29 is 19.0 Å². The second-order valence-electron chi connectivity index (χ2n) is 7.23. The number of esters is 1. The third kappa shape index (κ3) is 4.19. The van der Waals surface area contributed by atoms with Crippen molar-refractivity contribution in [3.8, 4) is 5.88 Å². The van der Waals surface area contributed by atoms with Gasteiger partial charge in [0, 0.05) is 23.5 Å². The van der Waals surface area contributed by atoms with Gasteiger partial charge >= 0.3 is 5.97 Å². The number of nitrogens with one attached hydrogen (secondary N) is 3.